The first-order valence-corrected chi connectivity index (χ1v) is 21.2. The molecule has 21 heteroatoms. The highest BCUT2D eigenvalue weighted by Crippen LogP contribution is 2.08. The number of nitrogens with one attached hydrogen (secondary N) is 6. The van der Waals surface area contributed by atoms with Crippen molar-refractivity contribution in [1.82, 2.24) is 31.9 Å². The van der Waals surface area contributed by atoms with Crippen LogP contribution in [0.2, 0.25) is 0 Å². The Labute approximate surface area is 366 Å². The lowest BCUT2D eigenvalue weighted by Gasteiger charge is -2.18. The number of rotatable bonds is 45. The number of hydrogen-bond acceptors (Lipinski definition) is 16. The lowest BCUT2D eigenvalue weighted by molar-refractivity contribution is -0.127. The summed E-state index contributed by atoms with van der Waals surface area (Å²) in [4.78, 5) is 81.5. The third kappa shape index (κ3) is 42.7. The molecule has 0 aromatic carbocycles. The van der Waals surface area contributed by atoms with Crippen LogP contribution >= 0.6 is 0 Å². The lowest BCUT2D eigenvalue weighted by atomic mass is 10.0. The van der Waals surface area contributed by atoms with Gasteiger partial charge in [0.2, 0.25) is 29.5 Å². The van der Waals surface area contributed by atoms with Gasteiger partial charge in [-0.3, -0.25) is 33.6 Å². The van der Waals surface area contributed by atoms with Crippen molar-refractivity contribution < 1.29 is 71.5 Å². The van der Waals surface area contributed by atoms with Crippen LogP contribution < -0.4 is 31.9 Å². The lowest BCUT2D eigenvalue weighted by Crippen LogP contribution is -2.34. The minimum Gasteiger partial charge on any atom is -0.377 e. The van der Waals surface area contributed by atoms with E-state index >= 15 is 0 Å². The van der Waals surface area contributed by atoms with Crippen LogP contribution in [0.1, 0.15) is 59.3 Å². The van der Waals surface area contributed by atoms with Crippen LogP contribution in [0, 0.1) is 0 Å². The van der Waals surface area contributed by atoms with Gasteiger partial charge in [-0.2, -0.15) is 0 Å². The number of Topliss-reactive ketones (excluding diaryl/α,β-unsaturated/α-hetero) is 2. The molecule has 358 valence electrons. The summed E-state index contributed by atoms with van der Waals surface area (Å²) in [5.74, 6) is -1.16. The third-order valence-corrected chi connectivity index (χ3v) is 8.01. The molecule has 0 aliphatic rings. The summed E-state index contributed by atoms with van der Waals surface area (Å²) in [7, 11) is 0. The van der Waals surface area contributed by atoms with Crippen molar-refractivity contribution in [3.63, 3.8) is 0 Å². The molecule has 0 rings (SSSR count). The van der Waals surface area contributed by atoms with Crippen molar-refractivity contribution >= 4 is 41.1 Å². The van der Waals surface area contributed by atoms with Gasteiger partial charge in [-0.1, -0.05) is 12.2 Å². The Hall–Kier alpha value is -3.93. The van der Waals surface area contributed by atoms with Gasteiger partial charge in [-0.05, 0) is 46.5 Å². The molecule has 0 aliphatic heterocycles. The highest BCUT2D eigenvalue weighted by Gasteiger charge is 2.10. The molecule has 0 saturated carbocycles. The summed E-state index contributed by atoms with van der Waals surface area (Å²) in [5.41, 5.74) is 0.977. The van der Waals surface area contributed by atoms with Gasteiger partial charge in [-0.25, -0.2) is 0 Å². The van der Waals surface area contributed by atoms with Gasteiger partial charge in [0, 0.05) is 51.6 Å². The smallest absolute Gasteiger partial charge is 0.246 e. The fourth-order valence-electron chi connectivity index (χ4n) is 4.87. The minimum atomic E-state index is -0.300. The Morgan fingerprint density at radius 1 is 0.403 bits per heavy atom. The third-order valence-electron chi connectivity index (χ3n) is 8.01. The zero-order chi connectivity index (χ0) is 45.9. The van der Waals surface area contributed by atoms with Crippen molar-refractivity contribution in [3.05, 3.63) is 12.2 Å². The SMILES string of the molecule is C=C(C)[C@H](CCCCNC(=O)COCCOCCNC(=O)COCCOCCNC(=O)CCCC(=O)NCCOCCOCC(=O)NCCOCCOCC(C)=O)NCC(C)=O. The topological polar surface area (TPSA) is 266 Å². The van der Waals surface area contributed by atoms with E-state index in [2.05, 4.69) is 38.5 Å². The molecule has 0 aliphatic carbocycles. The Morgan fingerprint density at radius 3 is 1.13 bits per heavy atom. The van der Waals surface area contributed by atoms with Gasteiger partial charge < -0.3 is 69.8 Å². The molecule has 62 heavy (non-hydrogen) atoms. The molecule has 0 fully saturated rings. The quantitative estimate of drug-likeness (QED) is 0.0308. The molecule has 0 unspecified atom stereocenters. The second kappa shape index (κ2) is 42.4. The monoisotopic (exact) mass is 891 g/mol. The van der Waals surface area contributed by atoms with E-state index in [1.165, 1.54) is 13.8 Å². The summed E-state index contributed by atoms with van der Waals surface area (Å²) in [6.45, 7) is 13.9. The van der Waals surface area contributed by atoms with Gasteiger partial charge in [0.25, 0.3) is 0 Å². The maximum Gasteiger partial charge on any atom is 0.246 e. The van der Waals surface area contributed by atoms with E-state index in [9.17, 15) is 33.6 Å². The van der Waals surface area contributed by atoms with Gasteiger partial charge >= 0.3 is 0 Å². The molecule has 6 N–H and O–H groups in total. The zero-order valence-corrected chi connectivity index (χ0v) is 37.2. The van der Waals surface area contributed by atoms with Crippen LogP contribution in [0.15, 0.2) is 12.2 Å². The van der Waals surface area contributed by atoms with Gasteiger partial charge in [-0.15, -0.1) is 0 Å². The van der Waals surface area contributed by atoms with Crippen molar-refractivity contribution in [1.29, 1.82) is 0 Å². The summed E-state index contributed by atoms with van der Waals surface area (Å²) in [6.07, 6.45) is 3.29. The summed E-state index contributed by atoms with van der Waals surface area (Å²) in [5, 5.41) is 16.8. The largest absolute Gasteiger partial charge is 0.377 e. The number of ether oxygens (including phenoxy) is 8. The first kappa shape index (κ1) is 58.1. The minimum absolute atomic E-state index is 0.0534. The van der Waals surface area contributed by atoms with E-state index in [1.54, 1.807) is 0 Å². The van der Waals surface area contributed by atoms with Crippen LogP contribution in [-0.2, 0) is 71.5 Å². The van der Waals surface area contributed by atoms with E-state index in [-0.39, 0.29) is 146 Å². The maximum atomic E-state index is 12.0. The fraction of sp³-hybridized carbons (Fsp3) is 0.780. The number of unbranched alkanes of at least 4 members (excludes halogenated alkanes) is 1. The second-order valence-electron chi connectivity index (χ2n) is 13.9. The van der Waals surface area contributed by atoms with Crippen LogP contribution in [0.5, 0.6) is 0 Å². The normalized spacial score (nSPS) is 11.4. The molecular formula is C41H74N6O15. The van der Waals surface area contributed by atoms with E-state index < -0.39 is 0 Å². The highest BCUT2D eigenvalue weighted by atomic mass is 16.5. The number of carbonyl (C=O) groups excluding carboxylic acids is 7. The highest BCUT2D eigenvalue weighted by molar-refractivity contribution is 5.79. The molecule has 0 radical (unpaired) electrons. The summed E-state index contributed by atoms with van der Waals surface area (Å²) in [6, 6.07) is 0.0779. The van der Waals surface area contributed by atoms with E-state index in [4.69, 9.17) is 37.9 Å². The van der Waals surface area contributed by atoms with Crippen molar-refractivity contribution in [2.45, 2.75) is 65.3 Å². The Kier molecular flexibility index (Phi) is 39.7. The number of carbonyl (C=O) groups is 7. The molecule has 1 atom stereocenters. The van der Waals surface area contributed by atoms with E-state index in [1.807, 2.05) is 6.92 Å². The summed E-state index contributed by atoms with van der Waals surface area (Å²) >= 11 is 0. The molecule has 0 spiro atoms. The zero-order valence-electron chi connectivity index (χ0n) is 37.2. The number of amides is 5. The first-order chi connectivity index (χ1) is 29.9. The number of hydrogen-bond donors (Lipinski definition) is 6. The van der Waals surface area contributed by atoms with Gasteiger partial charge in [0.05, 0.1) is 85.8 Å². The molecular weight excluding hydrogens is 816 g/mol. The molecule has 0 bridgehead atoms. The molecule has 0 heterocycles. The predicted molar refractivity (Wildman–Crippen MR) is 227 cm³/mol. The van der Waals surface area contributed by atoms with Crippen LogP contribution in [0.25, 0.3) is 0 Å². The predicted octanol–water partition coefficient (Wildman–Crippen LogP) is -1.25. The van der Waals surface area contributed by atoms with Crippen molar-refractivity contribution in [3.8, 4) is 0 Å². The van der Waals surface area contributed by atoms with Crippen molar-refractivity contribution in [2.75, 3.05) is 145 Å². The second-order valence-corrected chi connectivity index (χ2v) is 13.9. The maximum absolute atomic E-state index is 12.0. The van der Waals surface area contributed by atoms with E-state index in [0.717, 1.165) is 24.8 Å². The molecule has 5 amide bonds. The average Bonchev–Trinajstić information content (AvgIpc) is 3.22. The molecule has 0 aromatic rings. The molecule has 0 aromatic heterocycles. The Morgan fingerprint density at radius 2 is 0.758 bits per heavy atom. The van der Waals surface area contributed by atoms with Gasteiger partial charge in [0.1, 0.15) is 32.2 Å². The summed E-state index contributed by atoms with van der Waals surface area (Å²) < 4.78 is 42.4. The van der Waals surface area contributed by atoms with Crippen LogP contribution in [-0.4, -0.2) is 192 Å². The Balaban J connectivity index is 3.49. The van der Waals surface area contributed by atoms with Crippen LogP contribution in [0.3, 0.4) is 0 Å². The standard InChI is InChI=1S/C41H74N6O15/c1-33(2)36(47-28-34(3)48)8-5-6-11-42-39(52)30-60-25-23-58-19-15-46-41(54)32-62-27-22-56-17-13-44-38(51)10-7-9-37(50)43-12-16-55-21-26-61-31-40(53)45-14-18-57-20-24-59-29-35(4)49/h36,47H,1,5-32H2,2-4H3,(H,42,52)(H,43,50)(H,44,51)(H,45,53)(H,46,54)/t36-/m0/s1. The van der Waals surface area contributed by atoms with Crippen molar-refractivity contribution in [2.24, 2.45) is 0 Å². The molecule has 21 nitrogen and oxygen atoms in total. The fourth-order valence-corrected chi connectivity index (χ4v) is 4.87. The number of ketones is 2. The van der Waals surface area contributed by atoms with Crippen LogP contribution in [0.4, 0.5) is 0 Å². The first-order valence-electron chi connectivity index (χ1n) is 21.2. The molecule has 0 saturated heterocycles. The van der Waals surface area contributed by atoms with Gasteiger partial charge in [0.15, 0.2) is 5.78 Å². The Bertz CT molecular complexity index is 1260. The average molecular weight is 891 g/mol. The van der Waals surface area contributed by atoms with E-state index in [0.29, 0.717) is 65.5 Å².